The molecule has 2 aromatic rings. The molecule has 1 aromatic heterocycles. The van der Waals surface area contributed by atoms with Crippen LogP contribution in [0.3, 0.4) is 0 Å². The number of methoxy groups -OCH3 is 1. The molecule has 5 heteroatoms. The Morgan fingerprint density at radius 3 is 2.76 bits per heavy atom. The Morgan fingerprint density at radius 1 is 1.38 bits per heavy atom. The van der Waals surface area contributed by atoms with Gasteiger partial charge < -0.3 is 15.2 Å². The normalized spacial score (nSPS) is 12.7. The maximum Gasteiger partial charge on any atom is 0.130 e. The number of benzene rings is 1. The third-order valence-electron chi connectivity index (χ3n) is 3.36. The third kappa shape index (κ3) is 3.83. The summed E-state index contributed by atoms with van der Waals surface area (Å²) in [6.45, 7) is 3.15. The Balaban J connectivity index is 2.34. The van der Waals surface area contributed by atoms with E-state index in [1.54, 1.807) is 14.0 Å². The predicted octanol–water partition coefficient (Wildman–Crippen LogP) is 2.10. The van der Waals surface area contributed by atoms with Crippen molar-refractivity contribution in [3.63, 3.8) is 0 Å². The Labute approximate surface area is 125 Å². The number of aliphatic hydroxyl groups is 1. The third-order valence-corrected chi connectivity index (χ3v) is 3.36. The predicted molar refractivity (Wildman–Crippen MR) is 85.9 cm³/mol. The van der Waals surface area contributed by atoms with E-state index < -0.39 is 0 Å². The van der Waals surface area contributed by atoms with Gasteiger partial charge in [-0.05, 0) is 32.2 Å². The number of nitrogens with one attached hydrogen (secondary N) is 1. The lowest BCUT2D eigenvalue weighted by Gasteiger charge is -2.20. The summed E-state index contributed by atoms with van der Waals surface area (Å²) >= 11 is 0. The maximum absolute atomic E-state index is 9.47. The summed E-state index contributed by atoms with van der Waals surface area (Å²) in [5, 5.41) is 13.7. The van der Waals surface area contributed by atoms with E-state index in [0.717, 1.165) is 34.6 Å². The standard InChI is InChI=1S/C16H23N3O2/c1-11(20)9-19(3)10-13-7-12-5-6-14(21-4)8-15(12)18-16(13)17-2/h5-8,11,20H,9-10H2,1-4H3,(H,17,18). The van der Waals surface area contributed by atoms with E-state index in [1.165, 1.54) is 0 Å². The van der Waals surface area contributed by atoms with E-state index in [0.29, 0.717) is 6.54 Å². The van der Waals surface area contributed by atoms with E-state index in [4.69, 9.17) is 4.74 Å². The molecule has 0 radical (unpaired) electrons. The van der Waals surface area contributed by atoms with Gasteiger partial charge in [-0.25, -0.2) is 4.98 Å². The molecule has 21 heavy (non-hydrogen) atoms. The first-order valence-electron chi connectivity index (χ1n) is 7.05. The zero-order valence-electron chi connectivity index (χ0n) is 13.1. The van der Waals surface area contributed by atoms with Crippen molar-refractivity contribution in [2.75, 3.05) is 33.1 Å². The lowest BCUT2D eigenvalue weighted by molar-refractivity contribution is 0.138. The fourth-order valence-corrected chi connectivity index (χ4v) is 2.46. The largest absolute Gasteiger partial charge is 0.497 e. The Hall–Kier alpha value is -1.85. The summed E-state index contributed by atoms with van der Waals surface area (Å²) in [4.78, 5) is 6.74. The van der Waals surface area contributed by atoms with Crippen molar-refractivity contribution in [2.45, 2.75) is 19.6 Å². The summed E-state index contributed by atoms with van der Waals surface area (Å²) in [6.07, 6.45) is -0.342. The summed E-state index contributed by atoms with van der Waals surface area (Å²) in [5.41, 5.74) is 2.01. The average molecular weight is 289 g/mol. The number of aromatic nitrogens is 1. The van der Waals surface area contributed by atoms with Gasteiger partial charge in [0, 0.05) is 37.2 Å². The summed E-state index contributed by atoms with van der Waals surface area (Å²) in [6, 6.07) is 8.01. The van der Waals surface area contributed by atoms with Crippen LogP contribution in [-0.2, 0) is 6.54 Å². The molecule has 5 nitrogen and oxygen atoms in total. The van der Waals surface area contributed by atoms with Gasteiger partial charge in [0.25, 0.3) is 0 Å². The second-order valence-electron chi connectivity index (χ2n) is 5.35. The van der Waals surface area contributed by atoms with Crippen LogP contribution in [0.5, 0.6) is 5.75 Å². The molecule has 0 aliphatic rings. The number of nitrogens with zero attached hydrogens (tertiary/aromatic N) is 2. The van der Waals surface area contributed by atoms with Gasteiger partial charge in [-0.15, -0.1) is 0 Å². The highest BCUT2D eigenvalue weighted by atomic mass is 16.5. The number of ether oxygens (including phenoxy) is 1. The van der Waals surface area contributed by atoms with Gasteiger partial charge in [-0.3, -0.25) is 4.90 Å². The van der Waals surface area contributed by atoms with Gasteiger partial charge in [0.1, 0.15) is 11.6 Å². The number of aliphatic hydroxyl groups excluding tert-OH is 1. The van der Waals surface area contributed by atoms with Crippen LogP contribution in [0.25, 0.3) is 10.9 Å². The van der Waals surface area contributed by atoms with Crippen molar-refractivity contribution in [3.8, 4) is 5.75 Å². The van der Waals surface area contributed by atoms with Gasteiger partial charge in [-0.1, -0.05) is 0 Å². The van der Waals surface area contributed by atoms with Crippen molar-refractivity contribution in [1.29, 1.82) is 0 Å². The second-order valence-corrected chi connectivity index (χ2v) is 5.35. The van der Waals surface area contributed by atoms with E-state index in [2.05, 4.69) is 21.3 Å². The molecule has 1 atom stereocenters. The van der Waals surface area contributed by atoms with Gasteiger partial charge in [0.05, 0.1) is 18.7 Å². The second kappa shape index (κ2) is 6.74. The van der Waals surface area contributed by atoms with Gasteiger partial charge in [0.15, 0.2) is 0 Å². The van der Waals surface area contributed by atoms with Crippen LogP contribution in [0.1, 0.15) is 12.5 Å². The van der Waals surface area contributed by atoms with E-state index in [9.17, 15) is 5.11 Å². The molecule has 1 unspecified atom stereocenters. The lowest BCUT2D eigenvalue weighted by atomic mass is 10.1. The molecule has 0 saturated carbocycles. The molecule has 114 valence electrons. The van der Waals surface area contributed by atoms with E-state index in [-0.39, 0.29) is 6.10 Å². The molecular weight excluding hydrogens is 266 g/mol. The molecule has 0 aliphatic heterocycles. The fraction of sp³-hybridized carbons (Fsp3) is 0.438. The molecule has 2 N–H and O–H groups in total. The summed E-state index contributed by atoms with van der Waals surface area (Å²) in [5.74, 6) is 1.66. The molecule has 0 aliphatic carbocycles. The van der Waals surface area contributed by atoms with Crippen LogP contribution in [-0.4, -0.2) is 48.8 Å². The number of anilines is 1. The van der Waals surface area contributed by atoms with Crippen molar-refractivity contribution in [3.05, 3.63) is 29.8 Å². The van der Waals surface area contributed by atoms with E-state index in [1.807, 2.05) is 32.3 Å². The lowest BCUT2D eigenvalue weighted by Crippen LogP contribution is -2.27. The minimum absolute atomic E-state index is 0.342. The molecule has 0 saturated heterocycles. The molecule has 0 fully saturated rings. The fourth-order valence-electron chi connectivity index (χ4n) is 2.46. The highest BCUT2D eigenvalue weighted by Gasteiger charge is 2.10. The molecule has 0 amide bonds. The first kappa shape index (κ1) is 15.5. The first-order chi connectivity index (χ1) is 10.0. The highest BCUT2D eigenvalue weighted by Crippen LogP contribution is 2.24. The average Bonchev–Trinajstić information content (AvgIpc) is 2.45. The summed E-state index contributed by atoms with van der Waals surface area (Å²) < 4.78 is 5.24. The molecular formula is C16H23N3O2. The van der Waals surface area contributed by atoms with Crippen molar-refractivity contribution in [1.82, 2.24) is 9.88 Å². The number of fused-ring (bicyclic) bond motifs is 1. The minimum atomic E-state index is -0.342. The van der Waals surface area contributed by atoms with Crippen LogP contribution in [0.4, 0.5) is 5.82 Å². The first-order valence-corrected chi connectivity index (χ1v) is 7.05. The molecule has 0 bridgehead atoms. The Morgan fingerprint density at radius 2 is 2.14 bits per heavy atom. The van der Waals surface area contributed by atoms with Crippen LogP contribution >= 0.6 is 0 Å². The van der Waals surface area contributed by atoms with E-state index >= 15 is 0 Å². The Bertz CT molecular complexity index is 614. The van der Waals surface area contributed by atoms with Gasteiger partial charge in [0.2, 0.25) is 0 Å². The van der Waals surface area contributed by atoms with Crippen molar-refractivity contribution < 1.29 is 9.84 Å². The molecule has 1 heterocycles. The van der Waals surface area contributed by atoms with Crippen molar-refractivity contribution >= 4 is 16.7 Å². The quantitative estimate of drug-likeness (QED) is 0.853. The topological polar surface area (TPSA) is 57.6 Å². The molecule has 2 rings (SSSR count). The SMILES string of the molecule is CNc1nc2cc(OC)ccc2cc1CN(C)CC(C)O. The van der Waals surface area contributed by atoms with Crippen LogP contribution < -0.4 is 10.1 Å². The van der Waals surface area contributed by atoms with Crippen LogP contribution in [0, 0.1) is 0 Å². The number of likely N-dealkylation sites (N-methyl/N-ethyl adjacent to an activating group) is 1. The maximum atomic E-state index is 9.47. The van der Waals surface area contributed by atoms with Crippen LogP contribution in [0.15, 0.2) is 24.3 Å². The Kier molecular flexibility index (Phi) is 4.98. The monoisotopic (exact) mass is 289 g/mol. The molecule has 1 aromatic carbocycles. The number of hydrogen-bond acceptors (Lipinski definition) is 5. The van der Waals surface area contributed by atoms with Crippen molar-refractivity contribution in [2.24, 2.45) is 0 Å². The van der Waals surface area contributed by atoms with Gasteiger partial charge in [-0.2, -0.15) is 0 Å². The molecule has 0 spiro atoms. The number of pyridine rings is 1. The number of rotatable bonds is 6. The van der Waals surface area contributed by atoms with Crippen LogP contribution in [0.2, 0.25) is 0 Å². The van der Waals surface area contributed by atoms with Gasteiger partial charge >= 0.3 is 0 Å². The summed E-state index contributed by atoms with van der Waals surface area (Å²) in [7, 11) is 5.51. The highest BCUT2D eigenvalue weighted by molar-refractivity contribution is 5.83. The number of hydrogen-bond donors (Lipinski definition) is 2. The minimum Gasteiger partial charge on any atom is -0.497 e. The zero-order chi connectivity index (χ0) is 15.4. The zero-order valence-corrected chi connectivity index (χ0v) is 13.1. The smallest absolute Gasteiger partial charge is 0.130 e.